The molecule has 0 fully saturated rings. The van der Waals surface area contributed by atoms with Crippen LogP contribution < -0.4 is 0 Å². The van der Waals surface area contributed by atoms with Gasteiger partial charge in [-0.25, -0.2) is 4.98 Å². The monoisotopic (exact) mass is 287 g/mol. The summed E-state index contributed by atoms with van der Waals surface area (Å²) in [7, 11) is 0. The summed E-state index contributed by atoms with van der Waals surface area (Å²) in [5.41, 5.74) is 0.619. The molecule has 0 aliphatic heterocycles. The van der Waals surface area contributed by atoms with Gasteiger partial charge in [-0.3, -0.25) is 0 Å². The normalized spacial score (nSPS) is 13.5. The molecule has 2 rings (SSSR count). The van der Waals surface area contributed by atoms with Gasteiger partial charge in [-0.2, -0.15) is 13.2 Å². The maximum atomic E-state index is 12.4. The minimum atomic E-state index is -4.35. The summed E-state index contributed by atoms with van der Waals surface area (Å²) < 4.78 is 37.2. The fourth-order valence-corrected chi connectivity index (χ4v) is 2.48. The Labute approximate surface area is 112 Å². The number of hydrogen-bond donors (Lipinski definition) is 1. The van der Waals surface area contributed by atoms with Crippen LogP contribution >= 0.6 is 11.3 Å². The zero-order chi connectivity index (χ0) is 14.0. The highest BCUT2D eigenvalue weighted by molar-refractivity contribution is 7.09. The van der Waals surface area contributed by atoms with Crippen LogP contribution in [0.5, 0.6) is 0 Å². The smallest absolute Gasteiger partial charge is 0.388 e. The van der Waals surface area contributed by atoms with Crippen molar-refractivity contribution in [1.29, 1.82) is 0 Å². The van der Waals surface area contributed by atoms with Gasteiger partial charge in [0.1, 0.15) is 0 Å². The van der Waals surface area contributed by atoms with E-state index in [9.17, 15) is 18.3 Å². The van der Waals surface area contributed by atoms with Crippen LogP contribution in [0.3, 0.4) is 0 Å². The van der Waals surface area contributed by atoms with Crippen molar-refractivity contribution in [2.75, 3.05) is 0 Å². The Kier molecular flexibility index (Phi) is 3.91. The zero-order valence-electron chi connectivity index (χ0n) is 10.1. The summed E-state index contributed by atoms with van der Waals surface area (Å²) in [6.07, 6.45) is -4.88. The Morgan fingerprint density at radius 2 is 1.89 bits per heavy atom. The fraction of sp³-hybridized carbons (Fsp3) is 0.308. The first kappa shape index (κ1) is 14.0. The van der Waals surface area contributed by atoms with E-state index in [-0.39, 0.29) is 0 Å². The number of benzene rings is 1. The van der Waals surface area contributed by atoms with Crippen molar-refractivity contribution in [2.45, 2.75) is 25.6 Å². The highest BCUT2D eigenvalue weighted by atomic mass is 32.1. The van der Waals surface area contributed by atoms with Gasteiger partial charge in [0.15, 0.2) is 0 Å². The zero-order valence-corrected chi connectivity index (χ0v) is 10.9. The maximum Gasteiger partial charge on any atom is 0.416 e. The molecule has 19 heavy (non-hydrogen) atoms. The van der Waals surface area contributed by atoms with Crippen LogP contribution in [0, 0.1) is 6.92 Å². The predicted molar refractivity (Wildman–Crippen MR) is 67.0 cm³/mol. The Balaban J connectivity index is 2.09. The van der Waals surface area contributed by atoms with Crippen molar-refractivity contribution in [2.24, 2.45) is 0 Å². The second-order valence-electron chi connectivity index (χ2n) is 4.22. The Morgan fingerprint density at radius 3 is 2.37 bits per heavy atom. The van der Waals surface area contributed by atoms with Gasteiger partial charge >= 0.3 is 6.18 Å². The lowest BCUT2D eigenvalue weighted by Gasteiger charge is -2.11. The van der Waals surface area contributed by atoms with E-state index in [0.717, 1.165) is 22.8 Å². The standard InChI is InChI=1S/C13H12F3NOS/c1-8-7-19-12(17-8)6-11(18)9-2-4-10(5-3-9)13(14,15)16/h2-5,7,11,18H,6H2,1H3. The summed E-state index contributed by atoms with van der Waals surface area (Å²) in [6, 6.07) is 4.55. The lowest BCUT2D eigenvalue weighted by Crippen LogP contribution is -2.06. The third kappa shape index (κ3) is 3.54. The van der Waals surface area contributed by atoms with E-state index in [1.807, 2.05) is 12.3 Å². The third-order valence-electron chi connectivity index (χ3n) is 2.66. The van der Waals surface area contributed by atoms with E-state index in [0.29, 0.717) is 12.0 Å². The number of rotatable bonds is 3. The molecule has 0 aliphatic rings. The van der Waals surface area contributed by atoms with Gasteiger partial charge in [0.2, 0.25) is 0 Å². The van der Waals surface area contributed by atoms with E-state index in [4.69, 9.17) is 0 Å². The molecule has 1 aromatic heterocycles. The molecule has 1 aromatic carbocycles. The first-order chi connectivity index (χ1) is 8.86. The highest BCUT2D eigenvalue weighted by Gasteiger charge is 2.30. The molecule has 0 radical (unpaired) electrons. The van der Waals surface area contributed by atoms with E-state index in [2.05, 4.69) is 4.98 Å². The average molecular weight is 287 g/mol. The van der Waals surface area contributed by atoms with Gasteiger partial charge in [0.05, 0.1) is 16.7 Å². The molecule has 1 atom stereocenters. The number of thiazole rings is 1. The van der Waals surface area contributed by atoms with E-state index in [1.54, 1.807) is 0 Å². The Bertz CT molecular complexity index is 548. The molecule has 2 aromatic rings. The van der Waals surface area contributed by atoms with Crippen LogP contribution in [0.15, 0.2) is 29.6 Å². The molecule has 2 nitrogen and oxygen atoms in total. The first-order valence-corrected chi connectivity index (χ1v) is 6.50. The summed E-state index contributed by atoms with van der Waals surface area (Å²) in [4.78, 5) is 4.21. The fourth-order valence-electron chi connectivity index (χ4n) is 1.67. The third-order valence-corrected chi connectivity index (χ3v) is 3.65. The summed E-state index contributed by atoms with van der Waals surface area (Å²) >= 11 is 1.43. The van der Waals surface area contributed by atoms with Crippen LogP contribution in [0.25, 0.3) is 0 Å². The summed E-state index contributed by atoms with van der Waals surface area (Å²) in [5.74, 6) is 0. The van der Waals surface area contributed by atoms with Crippen LogP contribution in [0.1, 0.15) is 27.9 Å². The SMILES string of the molecule is Cc1csc(CC(O)c2ccc(C(F)(F)F)cc2)n1. The van der Waals surface area contributed by atoms with Gasteiger partial charge in [0, 0.05) is 17.5 Å². The topological polar surface area (TPSA) is 33.1 Å². The maximum absolute atomic E-state index is 12.4. The molecule has 102 valence electrons. The number of aromatic nitrogens is 1. The van der Waals surface area contributed by atoms with Crippen molar-refractivity contribution in [3.05, 3.63) is 51.5 Å². The number of nitrogens with zero attached hydrogens (tertiary/aromatic N) is 1. The molecule has 0 spiro atoms. The van der Waals surface area contributed by atoms with Crippen molar-refractivity contribution in [3.8, 4) is 0 Å². The second-order valence-corrected chi connectivity index (χ2v) is 5.16. The van der Waals surface area contributed by atoms with Gasteiger partial charge in [-0.05, 0) is 24.6 Å². The summed E-state index contributed by atoms with van der Waals surface area (Å²) in [5, 5.41) is 12.6. The largest absolute Gasteiger partial charge is 0.416 e. The van der Waals surface area contributed by atoms with Crippen LogP contribution in [0.4, 0.5) is 13.2 Å². The number of aliphatic hydroxyl groups is 1. The number of aryl methyl sites for hydroxylation is 1. The molecule has 6 heteroatoms. The van der Waals surface area contributed by atoms with Crippen LogP contribution in [0.2, 0.25) is 0 Å². The number of aliphatic hydroxyl groups excluding tert-OH is 1. The van der Waals surface area contributed by atoms with E-state index >= 15 is 0 Å². The molecule has 1 heterocycles. The molecule has 0 saturated heterocycles. The molecule has 1 N–H and O–H groups in total. The Hall–Kier alpha value is -1.40. The predicted octanol–water partition coefficient (Wildman–Crippen LogP) is 3.75. The summed E-state index contributed by atoms with van der Waals surface area (Å²) in [6.45, 7) is 1.85. The molecule has 1 unspecified atom stereocenters. The average Bonchev–Trinajstić information content (AvgIpc) is 2.74. The first-order valence-electron chi connectivity index (χ1n) is 5.62. The molecule has 0 saturated carbocycles. The lowest BCUT2D eigenvalue weighted by atomic mass is 10.0. The molecular weight excluding hydrogens is 275 g/mol. The van der Waals surface area contributed by atoms with Gasteiger partial charge in [-0.15, -0.1) is 11.3 Å². The van der Waals surface area contributed by atoms with Gasteiger partial charge in [-0.1, -0.05) is 12.1 Å². The minimum Gasteiger partial charge on any atom is -0.388 e. The van der Waals surface area contributed by atoms with E-state index < -0.39 is 17.8 Å². The van der Waals surface area contributed by atoms with Crippen molar-refractivity contribution >= 4 is 11.3 Å². The number of halogens is 3. The van der Waals surface area contributed by atoms with Crippen molar-refractivity contribution in [3.63, 3.8) is 0 Å². The molecule has 0 bridgehead atoms. The number of hydrogen-bond acceptors (Lipinski definition) is 3. The van der Waals surface area contributed by atoms with Crippen molar-refractivity contribution < 1.29 is 18.3 Å². The van der Waals surface area contributed by atoms with Crippen LogP contribution in [-0.4, -0.2) is 10.1 Å². The van der Waals surface area contributed by atoms with Crippen molar-refractivity contribution in [1.82, 2.24) is 4.98 Å². The molecular formula is C13H12F3NOS. The van der Waals surface area contributed by atoms with E-state index in [1.165, 1.54) is 23.5 Å². The van der Waals surface area contributed by atoms with Gasteiger partial charge < -0.3 is 5.11 Å². The minimum absolute atomic E-state index is 0.309. The quantitative estimate of drug-likeness (QED) is 0.932. The van der Waals surface area contributed by atoms with Crippen LogP contribution in [-0.2, 0) is 12.6 Å². The lowest BCUT2D eigenvalue weighted by molar-refractivity contribution is -0.137. The highest BCUT2D eigenvalue weighted by Crippen LogP contribution is 2.30. The van der Waals surface area contributed by atoms with Gasteiger partial charge in [0.25, 0.3) is 0 Å². The second kappa shape index (κ2) is 5.30. The molecule has 0 amide bonds. The molecule has 0 aliphatic carbocycles. The number of alkyl halides is 3. The Morgan fingerprint density at radius 1 is 1.26 bits per heavy atom.